The van der Waals surface area contributed by atoms with Crippen molar-refractivity contribution in [2.75, 3.05) is 19.6 Å². The maximum Gasteiger partial charge on any atom is 0.294 e. The highest BCUT2D eigenvalue weighted by atomic mass is 79.9. The molecule has 0 saturated heterocycles. The molecule has 0 spiro atoms. The molecule has 0 aliphatic heterocycles. The molecule has 0 aliphatic rings. The lowest BCUT2D eigenvalue weighted by atomic mass is 10.2. The Hall–Kier alpha value is -2.61. The highest BCUT2D eigenvalue weighted by Crippen LogP contribution is 2.32. The van der Waals surface area contributed by atoms with Crippen molar-refractivity contribution in [3.63, 3.8) is 0 Å². The summed E-state index contributed by atoms with van der Waals surface area (Å²) < 4.78 is 11.2. The van der Waals surface area contributed by atoms with Crippen LogP contribution in [0.5, 0.6) is 11.5 Å². The molecule has 7 nitrogen and oxygen atoms in total. The van der Waals surface area contributed by atoms with Gasteiger partial charge in [0.2, 0.25) is 0 Å². The zero-order valence-corrected chi connectivity index (χ0v) is 14.0. The number of hydrazone groups is 1. The molecule has 1 N–H and O–H groups in total. The maximum absolute atomic E-state index is 10.9. The minimum Gasteiger partial charge on any atom is -0.496 e. The Bertz CT molecular complexity index is 749. The summed E-state index contributed by atoms with van der Waals surface area (Å²) in [5.41, 5.74) is 3.61. The number of ether oxygens (including phenoxy) is 2. The molecule has 2 aromatic carbocycles. The average molecular weight is 380 g/mol. The van der Waals surface area contributed by atoms with Crippen molar-refractivity contribution in [3.8, 4) is 11.5 Å². The lowest BCUT2D eigenvalue weighted by Gasteiger charge is -2.09. The SMILES string of the molecule is COc1cc(OC)c(/C=N/Nc2ccccc2[N+](=O)[O-])cc1Br. The van der Waals surface area contributed by atoms with Crippen LogP contribution >= 0.6 is 15.9 Å². The lowest BCUT2D eigenvalue weighted by Crippen LogP contribution is -1.98. The van der Waals surface area contributed by atoms with E-state index in [1.54, 1.807) is 37.4 Å². The Kier molecular flexibility index (Phi) is 5.53. The van der Waals surface area contributed by atoms with E-state index in [2.05, 4.69) is 26.5 Å². The van der Waals surface area contributed by atoms with Crippen molar-refractivity contribution in [3.05, 3.63) is 56.5 Å². The Morgan fingerprint density at radius 3 is 2.57 bits per heavy atom. The second kappa shape index (κ2) is 7.59. The molecule has 2 aromatic rings. The summed E-state index contributed by atoms with van der Waals surface area (Å²) in [6.07, 6.45) is 1.51. The minimum absolute atomic E-state index is 0.0486. The quantitative estimate of drug-likeness (QED) is 0.468. The summed E-state index contributed by atoms with van der Waals surface area (Å²) in [5.74, 6) is 1.20. The summed E-state index contributed by atoms with van der Waals surface area (Å²) in [5, 5.41) is 15.0. The summed E-state index contributed by atoms with van der Waals surface area (Å²) >= 11 is 3.39. The standard InChI is InChI=1S/C15H14BrN3O4/c1-22-14-8-15(23-2)11(16)7-10(14)9-17-18-12-5-3-4-6-13(12)19(20)21/h3-9,18H,1-2H3/b17-9+. The summed E-state index contributed by atoms with van der Waals surface area (Å²) in [7, 11) is 3.10. The van der Waals surface area contributed by atoms with Crippen molar-refractivity contribution in [2.45, 2.75) is 0 Å². The van der Waals surface area contributed by atoms with Crippen LogP contribution < -0.4 is 14.9 Å². The normalized spacial score (nSPS) is 10.6. The van der Waals surface area contributed by atoms with Crippen molar-refractivity contribution < 1.29 is 14.4 Å². The largest absolute Gasteiger partial charge is 0.496 e. The van der Waals surface area contributed by atoms with Crippen LogP contribution in [0.25, 0.3) is 0 Å². The molecule has 0 aliphatic carbocycles. The molecular weight excluding hydrogens is 366 g/mol. The van der Waals surface area contributed by atoms with Crippen molar-refractivity contribution in [1.82, 2.24) is 0 Å². The number of anilines is 1. The number of nitro groups is 1. The molecule has 0 bridgehead atoms. The highest BCUT2D eigenvalue weighted by Gasteiger charge is 2.11. The third-order valence-corrected chi connectivity index (χ3v) is 3.61. The minimum atomic E-state index is -0.470. The van der Waals surface area contributed by atoms with Gasteiger partial charge in [-0.15, -0.1) is 0 Å². The van der Waals surface area contributed by atoms with Crippen LogP contribution in [0, 0.1) is 10.1 Å². The van der Waals surface area contributed by atoms with Crippen molar-refractivity contribution in [2.24, 2.45) is 5.10 Å². The van der Waals surface area contributed by atoms with E-state index in [1.165, 1.54) is 19.4 Å². The molecule has 120 valence electrons. The Morgan fingerprint density at radius 2 is 1.91 bits per heavy atom. The average Bonchev–Trinajstić information content (AvgIpc) is 2.55. The van der Waals surface area contributed by atoms with E-state index in [9.17, 15) is 10.1 Å². The van der Waals surface area contributed by atoms with Crippen LogP contribution in [0.15, 0.2) is 46.0 Å². The monoisotopic (exact) mass is 379 g/mol. The number of halogens is 1. The first kappa shape index (κ1) is 16.8. The fraction of sp³-hybridized carbons (Fsp3) is 0.133. The second-order valence-electron chi connectivity index (χ2n) is 4.37. The van der Waals surface area contributed by atoms with E-state index in [4.69, 9.17) is 9.47 Å². The van der Waals surface area contributed by atoms with Gasteiger partial charge in [0.15, 0.2) is 0 Å². The van der Waals surface area contributed by atoms with Crippen LogP contribution in [0.1, 0.15) is 5.56 Å². The van der Waals surface area contributed by atoms with Crippen LogP contribution in [-0.2, 0) is 0 Å². The van der Waals surface area contributed by atoms with Gasteiger partial charge in [-0.3, -0.25) is 15.5 Å². The van der Waals surface area contributed by atoms with Gasteiger partial charge < -0.3 is 9.47 Å². The fourth-order valence-corrected chi connectivity index (χ4v) is 2.41. The van der Waals surface area contributed by atoms with Gasteiger partial charge in [0.1, 0.15) is 17.2 Å². The van der Waals surface area contributed by atoms with Gasteiger partial charge >= 0.3 is 0 Å². The molecule has 0 aromatic heterocycles. The molecule has 0 atom stereocenters. The number of para-hydroxylation sites is 2. The first-order chi connectivity index (χ1) is 11.1. The van der Waals surface area contributed by atoms with Crippen LogP contribution in [0.2, 0.25) is 0 Å². The predicted molar refractivity (Wildman–Crippen MR) is 91.6 cm³/mol. The first-order valence-corrected chi connectivity index (χ1v) is 7.30. The van der Waals surface area contributed by atoms with Gasteiger partial charge in [-0.05, 0) is 28.1 Å². The number of hydrogen-bond donors (Lipinski definition) is 1. The second-order valence-corrected chi connectivity index (χ2v) is 5.23. The molecule has 2 rings (SSSR count). The summed E-state index contributed by atoms with van der Waals surface area (Å²) in [6, 6.07) is 9.77. The van der Waals surface area contributed by atoms with Gasteiger partial charge in [0, 0.05) is 17.7 Å². The topological polar surface area (TPSA) is 86.0 Å². The van der Waals surface area contributed by atoms with Gasteiger partial charge in [-0.1, -0.05) is 12.1 Å². The number of nitrogens with one attached hydrogen (secondary N) is 1. The van der Waals surface area contributed by atoms with Crippen LogP contribution in [-0.4, -0.2) is 25.4 Å². The van der Waals surface area contributed by atoms with E-state index < -0.39 is 4.92 Å². The molecule has 0 heterocycles. The molecule has 0 unspecified atom stereocenters. The van der Waals surface area contributed by atoms with E-state index in [0.717, 1.165) is 4.47 Å². The number of nitrogens with zero attached hydrogens (tertiary/aromatic N) is 2. The van der Waals surface area contributed by atoms with Gasteiger partial charge in [0.25, 0.3) is 5.69 Å². The molecule has 0 radical (unpaired) electrons. The van der Waals surface area contributed by atoms with Gasteiger partial charge in [-0.2, -0.15) is 5.10 Å². The number of benzene rings is 2. The summed E-state index contributed by atoms with van der Waals surface area (Å²) in [6.45, 7) is 0. The fourth-order valence-electron chi connectivity index (χ4n) is 1.88. The Labute approximate surface area is 141 Å². The zero-order chi connectivity index (χ0) is 16.8. The molecule has 0 saturated carbocycles. The molecule has 8 heteroatoms. The van der Waals surface area contributed by atoms with Gasteiger partial charge in [-0.25, -0.2) is 0 Å². The number of nitro benzene ring substituents is 1. The van der Waals surface area contributed by atoms with Crippen LogP contribution in [0.3, 0.4) is 0 Å². The smallest absolute Gasteiger partial charge is 0.294 e. The number of methoxy groups -OCH3 is 2. The Morgan fingerprint density at radius 1 is 1.22 bits per heavy atom. The Balaban J connectivity index is 2.25. The van der Waals surface area contributed by atoms with Crippen molar-refractivity contribution in [1.29, 1.82) is 0 Å². The summed E-state index contributed by atoms with van der Waals surface area (Å²) in [4.78, 5) is 10.5. The molecule has 0 amide bonds. The number of hydrogen-bond acceptors (Lipinski definition) is 6. The maximum atomic E-state index is 10.9. The molecule has 0 fully saturated rings. The van der Waals surface area contributed by atoms with Gasteiger partial charge in [0.05, 0.1) is 29.8 Å². The van der Waals surface area contributed by atoms with E-state index in [-0.39, 0.29) is 5.69 Å². The zero-order valence-electron chi connectivity index (χ0n) is 12.4. The predicted octanol–water partition coefficient (Wildman–Crippen LogP) is 3.82. The van der Waals surface area contributed by atoms with E-state index in [0.29, 0.717) is 22.7 Å². The molecule has 23 heavy (non-hydrogen) atoms. The van der Waals surface area contributed by atoms with Crippen molar-refractivity contribution >= 4 is 33.5 Å². The third-order valence-electron chi connectivity index (χ3n) is 2.99. The van der Waals surface area contributed by atoms with Crippen LogP contribution in [0.4, 0.5) is 11.4 Å². The van der Waals surface area contributed by atoms with E-state index in [1.807, 2.05) is 0 Å². The third kappa shape index (κ3) is 3.98. The highest BCUT2D eigenvalue weighted by molar-refractivity contribution is 9.10. The first-order valence-electron chi connectivity index (χ1n) is 6.51. The number of rotatable bonds is 6. The van der Waals surface area contributed by atoms with E-state index >= 15 is 0 Å². The molecular formula is C15H14BrN3O4. The lowest BCUT2D eigenvalue weighted by molar-refractivity contribution is -0.384.